The average molecular weight is 358 g/mol. The summed E-state index contributed by atoms with van der Waals surface area (Å²) in [6.07, 6.45) is 0.494. The summed E-state index contributed by atoms with van der Waals surface area (Å²) in [6.45, 7) is 3.97. The van der Waals surface area contributed by atoms with Crippen molar-refractivity contribution in [3.8, 4) is 5.75 Å². The lowest BCUT2D eigenvalue weighted by molar-refractivity contribution is -0.130. The molecule has 25 heavy (non-hydrogen) atoms. The van der Waals surface area contributed by atoms with Gasteiger partial charge >= 0.3 is 0 Å². The Hall–Kier alpha value is -2.34. The summed E-state index contributed by atoms with van der Waals surface area (Å²) in [4.78, 5) is 28.0. The van der Waals surface area contributed by atoms with Crippen molar-refractivity contribution in [1.82, 2.24) is 9.80 Å². The fraction of sp³-hybridized carbons (Fsp3) is 0.368. The molecule has 0 aliphatic carbocycles. The van der Waals surface area contributed by atoms with Crippen molar-refractivity contribution in [3.05, 3.63) is 51.7 Å². The normalized spacial score (nSPS) is 13.6. The molecule has 2 amide bonds. The lowest BCUT2D eigenvalue weighted by Gasteiger charge is -2.20. The maximum absolute atomic E-state index is 12.6. The van der Waals surface area contributed by atoms with Crippen molar-refractivity contribution in [2.75, 3.05) is 20.2 Å². The van der Waals surface area contributed by atoms with Gasteiger partial charge in [0.05, 0.1) is 12.1 Å². The third-order valence-electron chi connectivity index (χ3n) is 4.31. The van der Waals surface area contributed by atoms with Gasteiger partial charge in [0.15, 0.2) is 0 Å². The molecule has 0 spiro atoms. The number of thiophene rings is 1. The number of fused-ring (bicyclic) bond motifs is 1. The van der Waals surface area contributed by atoms with Crippen molar-refractivity contribution in [3.63, 3.8) is 0 Å². The minimum Gasteiger partial charge on any atom is -0.491 e. The topological polar surface area (TPSA) is 49.9 Å². The minimum atomic E-state index is 0.0291. The van der Waals surface area contributed by atoms with Gasteiger partial charge in [0.25, 0.3) is 5.91 Å². The molecule has 0 bridgehead atoms. The first-order valence-corrected chi connectivity index (χ1v) is 9.32. The summed E-state index contributed by atoms with van der Waals surface area (Å²) in [5.41, 5.74) is 2.74. The summed E-state index contributed by atoms with van der Waals surface area (Å²) in [5.74, 6) is 0.954. The van der Waals surface area contributed by atoms with Crippen molar-refractivity contribution < 1.29 is 14.3 Å². The van der Waals surface area contributed by atoms with Crippen molar-refractivity contribution >= 4 is 23.2 Å². The van der Waals surface area contributed by atoms with E-state index in [1.807, 2.05) is 46.8 Å². The second kappa shape index (κ2) is 7.70. The van der Waals surface area contributed by atoms with Crippen LogP contribution in [0.4, 0.5) is 0 Å². The highest BCUT2D eigenvalue weighted by Crippen LogP contribution is 2.26. The van der Waals surface area contributed by atoms with Crippen LogP contribution in [0.2, 0.25) is 0 Å². The van der Waals surface area contributed by atoms with E-state index in [0.717, 1.165) is 22.4 Å². The van der Waals surface area contributed by atoms with Crippen molar-refractivity contribution in [1.29, 1.82) is 0 Å². The van der Waals surface area contributed by atoms with E-state index in [9.17, 15) is 9.59 Å². The average Bonchev–Trinajstić information content (AvgIpc) is 3.07. The molecule has 0 fully saturated rings. The number of carbonyl (C=O) groups is 2. The van der Waals surface area contributed by atoms with Gasteiger partial charge < -0.3 is 14.5 Å². The molecule has 6 heteroatoms. The Kier molecular flexibility index (Phi) is 5.38. The number of hydrogen-bond acceptors (Lipinski definition) is 4. The van der Waals surface area contributed by atoms with E-state index in [-0.39, 0.29) is 11.8 Å². The number of carbonyl (C=O) groups excluding carboxylic acids is 2. The van der Waals surface area contributed by atoms with Gasteiger partial charge in [0, 0.05) is 37.5 Å². The molecular weight excluding hydrogens is 336 g/mol. The Morgan fingerprint density at radius 3 is 2.88 bits per heavy atom. The van der Waals surface area contributed by atoms with Crippen LogP contribution in [-0.2, 0) is 17.9 Å². The highest BCUT2D eigenvalue weighted by Gasteiger charge is 2.21. The monoisotopic (exact) mass is 358 g/mol. The molecule has 0 saturated heterocycles. The molecule has 0 saturated carbocycles. The fourth-order valence-electron chi connectivity index (χ4n) is 2.92. The number of nitrogens with zero attached hydrogens (tertiary/aromatic N) is 2. The molecule has 0 unspecified atom stereocenters. The van der Waals surface area contributed by atoms with E-state index in [0.29, 0.717) is 32.7 Å². The number of amides is 2. The van der Waals surface area contributed by atoms with Crippen LogP contribution in [0.5, 0.6) is 5.75 Å². The molecule has 3 rings (SSSR count). The summed E-state index contributed by atoms with van der Waals surface area (Å²) >= 11 is 1.52. The molecule has 2 heterocycles. The zero-order chi connectivity index (χ0) is 17.8. The zero-order valence-corrected chi connectivity index (χ0v) is 15.3. The molecule has 0 N–H and O–H groups in total. The lowest BCUT2D eigenvalue weighted by atomic mass is 10.1. The molecule has 1 aromatic carbocycles. The minimum absolute atomic E-state index is 0.0291. The smallest absolute Gasteiger partial charge is 0.255 e. The van der Waals surface area contributed by atoms with Gasteiger partial charge in [0.1, 0.15) is 12.4 Å². The van der Waals surface area contributed by atoms with E-state index >= 15 is 0 Å². The first-order valence-electron chi connectivity index (χ1n) is 8.38. The zero-order valence-electron chi connectivity index (χ0n) is 14.5. The predicted octanol–water partition coefficient (Wildman–Crippen LogP) is 3.15. The predicted molar refractivity (Wildman–Crippen MR) is 97.8 cm³/mol. The maximum atomic E-state index is 12.6. The number of ether oxygens (including phenoxy) is 1. The lowest BCUT2D eigenvalue weighted by Crippen LogP contribution is -2.32. The van der Waals surface area contributed by atoms with Gasteiger partial charge in [-0.15, -0.1) is 0 Å². The largest absolute Gasteiger partial charge is 0.491 e. The van der Waals surface area contributed by atoms with Crippen LogP contribution in [0, 0.1) is 0 Å². The van der Waals surface area contributed by atoms with Gasteiger partial charge in [-0.2, -0.15) is 11.3 Å². The molecule has 2 aromatic rings. The van der Waals surface area contributed by atoms with Crippen molar-refractivity contribution in [2.24, 2.45) is 0 Å². The number of benzene rings is 1. The van der Waals surface area contributed by atoms with Crippen LogP contribution in [-0.4, -0.2) is 41.8 Å². The van der Waals surface area contributed by atoms with Gasteiger partial charge in [-0.05, 0) is 29.1 Å². The van der Waals surface area contributed by atoms with Gasteiger partial charge in [-0.25, -0.2) is 0 Å². The Morgan fingerprint density at radius 2 is 2.16 bits per heavy atom. The van der Waals surface area contributed by atoms with E-state index in [4.69, 9.17) is 4.74 Å². The molecule has 1 aromatic heterocycles. The number of rotatable bonds is 4. The summed E-state index contributed by atoms with van der Waals surface area (Å²) in [7, 11) is 1.81. The molecule has 5 nitrogen and oxygen atoms in total. The maximum Gasteiger partial charge on any atom is 0.255 e. The second-order valence-electron chi connectivity index (χ2n) is 6.13. The Balaban J connectivity index is 1.78. The molecule has 1 aliphatic heterocycles. The molecular formula is C19H22N2O3S. The third kappa shape index (κ3) is 4.02. The Bertz CT molecular complexity index is 758. The fourth-order valence-corrected chi connectivity index (χ4v) is 3.55. The first kappa shape index (κ1) is 17.5. The summed E-state index contributed by atoms with van der Waals surface area (Å²) in [6, 6.07) is 7.80. The quantitative estimate of drug-likeness (QED) is 0.844. The standard InChI is InChI=1S/C19H22N2O3S/c1-3-18(22)20(2)11-14-4-5-17-16(10-14)12-21(7-8-24-17)19(23)15-6-9-25-13-15/h4-6,9-10,13H,3,7-8,11-12H2,1-2H3. The van der Waals surface area contributed by atoms with Crippen LogP contribution in [0.1, 0.15) is 34.8 Å². The van der Waals surface area contributed by atoms with E-state index in [1.54, 1.807) is 11.9 Å². The van der Waals surface area contributed by atoms with Crippen LogP contribution in [0.3, 0.4) is 0 Å². The van der Waals surface area contributed by atoms with Gasteiger partial charge in [0.2, 0.25) is 5.91 Å². The van der Waals surface area contributed by atoms with E-state index in [1.165, 1.54) is 11.3 Å². The summed E-state index contributed by atoms with van der Waals surface area (Å²) in [5, 5.41) is 3.78. The third-order valence-corrected chi connectivity index (χ3v) is 4.99. The van der Waals surface area contributed by atoms with Gasteiger partial charge in [-0.1, -0.05) is 13.0 Å². The molecule has 132 valence electrons. The van der Waals surface area contributed by atoms with Crippen LogP contribution in [0.15, 0.2) is 35.0 Å². The highest BCUT2D eigenvalue weighted by molar-refractivity contribution is 7.08. The molecule has 0 radical (unpaired) electrons. The van der Waals surface area contributed by atoms with Crippen LogP contribution < -0.4 is 4.74 Å². The van der Waals surface area contributed by atoms with Crippen molar-refractivity contribution in [2.45, 2.75) is 26.4 Å². The second-order valence-corrected chi connectivity index (χ2v) is 6.91. The highest BCUT2D eigenvalue weighted by atomic mass is 32.1. The molecule has 1 aliphatic rings. The van der Waals surface area contributed by atoms with Crippen LogP contribution >= 0.6 is 11.3 Å². The van der Waals surface area contributed by atoms with E-state index in [2.05, 4.69) is 0 Å². The SMILES string of the molecule is CCC(=O)N(C)Cc1ccc2c(c1)CN(C(=O)c1ccsc1)CCO2. The van der Waals surface area contributed by atoms with E-state index < -0.39 is 0 Å². The molecule has 0 atom stereocenters. The van der Waals surface area contributed by atoms with Gasteiger partial charge in [-0.3, -0.25) is 9.59 Å². The Labute approximate surface area is 151 Å². The first-order chi connectivity index (χ1) is 12.1. The Morgan fingerprint density at radius 1 is 1.32 bits per heavy atom. The summed E-state index contributed by atoms with van der Waals surface area (Å²) < 4.78 is 5.80. The number of hydrogen-bond donors (Lipinski definition) is 0. The van der Waals surface area contributed by atoms with Crippen LogP contribution in [0.25, 0.3) is 0 Å².